The molecule has 4 rings (SSSR count). The van der Waals surface area contributed by atoms with E-state index in [9.17, 15) is 14.4 Å². The molecule has 0 aliphatic carbocycles. The molecule has 2 heterocycles. The summed E-state index contributed by atoms with van der Waals surface area (Å²) in [6.45, 7) is 0. The van der Waals surface area contributed by atoms with Crippen LogP contribution in [0.3, 0.4) is 0 Å². The van der Waals surface area contributed by atoms with Gasteiger partial charge in [0, 0.05) is 5.56 Å². The summed E-state index contributed by atoms with van der Waals surface area (Å²) in [6, 6.07) is 16.4. The second kappa shape index (κ2) is 5.27. The number of fused-ring (bicyclic) bond motifs is 1. The minimum atomic E-state index is -0.890. The highest BCUT2D eigenvalue weighted by molar-refractivity contribution is 5.76. The lowest BCUT2D eigenvalue weighted by Gasteiger charge is -2.17. The molecule has 1 atom stereocenters. The van der Waals surface area contributed by atoms with Crippen molar-refractivity contribution in [2.24, 2.45) is 10.2 Å². The lowest BCUT2D eigenvalue weighted by atomic mass is 10.2. The summed E-state index contributed by atoms with van der Waals surface area (Å²) in [5.74, 6) is 0. The largest absolute Gasteiger partial charge is 0.389 e. The summed E-state index contributed by atoms with van der Waals surface area (Å²) in [5, 5.41) is 7.41. The van der Waals surface area contributed by atoms with Crippen molar-refractivity contribution < 1.29 is 4.79 Å². The summed E-state index contributed by atoms with van der Waals surface area (Å²) < 4.78 is 2.68. The first-order chi connectivity index (χ1) is 11.7. The molecule has 0 bridgehead atoms. The number of azo groups is 1. The number of hydrogen-bond donors (Lipinski definition) is 0. The van der Waals surface area contributed by atoms with Crippen LogP contribution < -0.4 is 11.4 Å². The summed E-state index contributed by atoms with van der Waals surface area (Å²) in [7, 11) is 0. The van der Waals surface area contributed by atoms with Crippen LogP contribution in [-0.4, -0.2) is 20.0 Å². The Labute approximate surface area is 134 Å². The molecule has 1 unspecified atom stereocenters. The van der Waals surface area contributed by atoms with Crippen LogP contribution in [0, 0.1) is 0 Å². The second-order valence-electron chi connectivity index (χ2n) is 5.17. The van der Waals surface area contributed by atoms with Crippen LogP contribution in [0.5, 0.6) is 0 Å². The highest BCUT2D eigenvalue weighted by atomic mass is 16.2. The van der Waals surface area contributed by atoms with Gasteiger partial charge in [0.05, 0.1) is 5.69 Å². The standard InChI is InChI=1S/C16H11N5O3/c22-14-18-17-13(11-7-3-1-4-8-11)20-15(23)19(16(24)21(14)20)12-9-5-2-6-10-12/h1-10,13H. The van der Waals surface area contributed by atoms with Crippen LogP contribution in [0.2, 0.25) is 0 Å². The zero-order chi connectivity index (χ0) is 16.7. The van der Waals surface area contributed by atoms with Gasteiger partial charge in [0.2, 0.25) is 0 Å². The quantitative estimate of drug-likeness (QED) is 0.720. The fourth-order valence-corrected chi connectivity index (χ4v) is 2.67. The van der Waals surface area contributed by atoms with E-state index in [2.05, 4.69) is 10.2 Å². The average molecular weight is 321 g/mol. The molecule has 0 N–H and O–H groups in total. The van der Waals surface area contributed by atoms with Crippen molar-refractivity contribution in [3.8, 4) is 5.69 Å². The van der Waals surface area contributed by atoms with E-state index < -0.39 is 23.6 Å². The first-order valence-corrected chi connectivity index (χ1v) is 7.20. The summed E-state index contributed by atoms with van der Waals surface area (Å²) in [4.78, 5) is 37.4. The Morgan fingerprint density at radius 3 is 2.08 bits per heavy atom. The lowest BCUT2D eigenvalue weighted by molar-refractivity contribution is 0.231. The van der Waals surface area contributed by atoms with Crippen LogP contribution >= 0.6 is 0 Å². The SMILES string of the molecule is O=C1N=NC(c2ccccc2)n2c(=O)n(-c3ccccc3)c(=O)n21. The van der Waals surface area contributed by atoms with E-state index in [1.165, 1.54) is 0 Å². The number of hydrogen-bond acceptors (Lipinski definition) is 4. The molecular weight excluding hydrogens is 310 g/mol. The molecule has 118 valence electrons. The molecular formula is C16H11N5O3. The normalized spacial score (nSPS) is 16.2. The number of para-hydroxylation sites is 1. The number of amides is 1. The second-order valence-corrected chi connectivity index (χ2v) is 5.17. The molecule has 0 spiro atoms. The third-order valence-corrected chi connectivity index (χ3v) is 3.75. The molecule has 3 aromatic rings. The summed E-state index contributed by atoms with van der Waals surface area (Å²) in [6.07, 6.45) is -0.867. The van der Waals surface area contributed by atoms with Gasteiger partial charge in [-0.05, 0) is 12.1 Å². The Bertz CT molecular complexity index is 1060. The van der Waals surface area contributed by atoms with Crippen LogP contribution in [0.4, 0.5) is 4.79 Å². The molecule has 0 fully saturated rings. The van der Waals surface area contributed by atoms with E-state index >= 15 is 0 Å². The smallest absolute Gasteiger partial charge is 0.245 e. The predicted molar refractivity (Wildman–Crippen MR) is 84.5 cm³/mol. The fraction of sp³-hybridized carbons (Fsp3) is 0.0625. The monoisotopic (exact) mass is 321 g/mol. The van der Waals surface area contributed by atoms with E-state index in [0.717, 1.165) is 13.9 Å². The molecule has 1 amide bonds. The number of nitrogens with zero attached hydrogens (tertiary/aromatic N) is 5. The molecule has 24 heavy (non-hydrogen) atoms. The molecule has 1 aliphatic rings. The third kappa shape index (κ3) is 1.97. The van der Waals surface area contributed by atoms with Gasteiger partial charge < -0.3 is 0 Å². The Kier molecular flexibility index (Phi) is 3.09. The first kappa shape index (κ1) is 14.1. The summed E-state index contributed by atoms with van der Waals surface area (Å²) in [5.41, 5.74) is -0.390. The van der Waals surface area contributed by atoms with Gasteiger partial charge in [0.1, 0.15) is 0 Å². The predicted octanol–water partition coefficient (Wildman–Crippen LogP) is 1.78. The number of aromatic nitrogens is 3. The van der Waals surface area contributed by atoms with Gasteiger partial charge >= 0.3 is 17.4 Å². The molecule has 1 aliphatic heterocycles. The van der Waals surface area contributed by atoms with Gasteiger partial charge in [-0.1, -0.05) is 53.6 Å². The van der Waals surface area contributed by atoms with Crippen LogP contribution in [0.15, 0.2) is 80.5 Å². The minimum Gasteiger partial charge on any atom is -0.245 e. The maximum atomic E-state index is 12.8. The van der Waals surface area contributed by atoms with Crippen molar-refractivity contribution in [1.29, 1.82) is 0 Å². The van der Waals surface area contributed by atoms with Gasteiger partial charge in [-0.15, -0.1) is 4.68 Å². The molecule has 8 heteroatoms. The van der Waals surface area contributed by atoms with Crippen LogP contribution in [-0.2, 0) is 0 Å². The lowest BCUT2D eigenvalue weighted by Crippen LogP contribution is -2.36. The van der Waals surface area contributed by atoms with Crippen molar-refractivity contribution in [2.75, 3.05) is 0 Å². The van der Waals surface area contributed by atoms with Crippen molar-refractivity contribution in [3.05, 3.63) is 87.2 Å². The molecule has 2 aromatic carbocycles. The molecule has 1 aromatic heterocycles. The number of carbonyl (C=O) groups excluding carboxylic acids is 1. The first-order valence-electron chi connectivity index (χ1n) is 7.20. The van der Waals surface area contributed by atoms with E-state index in [0.29, 0.717) is 11.3 Å². The van der Waals surface area contributed by atoms with E-state index in [1.54, 1.807) is 54.6 Å². The third-order valence-electron chi connectivity index (χ3n) is 3.75. The Balaban J connectivity index is 2.01. The number of carbonyl (C=O) groups is 1. The molecule has 0 saturated heterocycles. The molecule has 8 nitrogen and oxygen atoms in total. The summed E-state index contributed by atoms with van der Waals surface area (Å²) >= 11 is 0. The highest BCUT2D eigenvalue weighted by Crippen LogP contribution is 2.21. The maximum absolute atomic E-state index is 12.8. The van der Waals surface area contributed by atoms with Crippen molar-refractivity contribution >= 4 is 6.03 Å². The van der Waals surface area contributed by atoms with Gasteiger partial charge in [0.25, 0.3) is 0 Å². The highest BCUT2D eigenvalue weighted by Gasteiger charge is 2.31. The fourth-order valence-electron chi connectivity index (χ4n) is 2.67. The number of rotatable bonds is 2. The van der Waals surface area contributed by atoms with Gasteiger partial charge in [0.15, 0.2) is 6.17 Å². The van der Waals surface area contributed by atoms with Gasteiger partial charge in [-0.25, -0.2) is 19.0 Å². The molecule has 0 radical (unpaired) electrons. The molecule has 0 saturated carbocycles. The van der Waals surface area contributed by atoms with Gasteiger partial charge in [-0.3, -0.25) is 0 Å². The zero-order valence-electron chi connectivity index (χ0n) is 12.3. The van der Waals surface area contributed by atoms with Crippen molar-refractivity contribution in [3.63, 3.8) is 0 Å². The van der Waals surface area contributed by atoms with Crippen LogP contribution in [0.1, 0.15) is 11.7 Å². The topological polar surface area (TPSA) is 90.7 Å². The van der Waals surface area contributed by atoms with Gasteiger partial charge in [-0.2, -0.15) is 9.80 Å². The average Bonchev–Trinajstić information content (AvgIpc) is 2.89. The van der Waals surface area contributed by atoms with Crippen molar-refractivity contribution in [2.45, 2.75) is 6.17 Å². The van der Waals surface area contributed by atoms with Crippen LogP contribution in [0.25, 0.3) is 5.69 Å². The number of benzene rings is 2. The zero-order valence-corrected chi connectivity index (χ0v) is 12.3. The Morgan fingerprint density at radius 2 is 1.42 bits per heavy atom. The van der Waals surface area contributed by atoms with Crippen molar-refractivity contribution in [1.82, 2.24) is 13.9 Å². The Morgan fingerprint density at radius 1 is 0.792 bits per heavy atom. The van der Waals surface area contributed by atoms with E-state index in [1.807, 2.05) is 6.07 Å². The van der Waals surface area contributed by atoms with E-state index in [-0.39, 0.29) is 0 Å². The minimum absolute atomic E-state index is 0.376. The Hall–Kier alpha value is -3.55. The maximum Gasteiger partial charge on any atom is 0.389 e. The van der Waals surface area contributed by atoms with E-state index in [4.69, 9.17) is 0 Å².